The lowest BCUT2D eigenvalue weighted by molar-refractivity contribution is -0.343. The highest BCUT2D eigenvalue weighted by atomic mass is 16.6. The van der Waals surface area contributed by atoms with Crippen LogP contribution in [0.1, 0.15) is 13.8 Å². The number of hydrogen-bond acceptors (Lipinski definition) is 12. The first kappa shape index (κ1) is 23.5. The van der Waals surface area contributed by atoms with Gasteiger partial charge in [0.05, 0.1) is 10.6 Å². The van der Waals surface area contributed by atoms with Gasteiger partial charge in [0.1, 0.15) is 18.3 Å². The van der Waals surface area contributed by atoms with E-state index in [1.165, 1.54) is 13.8 Å². The van der Waals surface area contributed by atoms with Gasteiger partial charge in [0.25, 0.3) is 0 Å². The molecule has 0 radical (unpaired) electrons. The van der Waals surface area contributed by atoms with Gasteiger partial charge in [-0.05, 0) is 13.8 Å². The Hall–Kier alpha value is -2.50. The highest BCUT2D eigenvalue weighted by Crippen LogP contribution is 2.28. The van der Waals surface area contributed by atoms with Crippen molar-refractivity contribution >= 4 is 12.1 Å². The largest absolute Gasteiger partial charge is 0.387 e. The quantitative estimate of drug-likeness (QED) is 0.126. The summed E-state index contributed by atoms with van der Waals surface area (Å²) in [6, 6.07) is -2.49. The van der Waals surface area contributed by atoms with Crippen molar-refractivity contribution in [2.45, 2.75) is 50.4 Å². The molecule has 1 saturated heterocycles. The third kappa shape index (κ3) is 4.66. The molecule has 1 aliphatic rings. The molecular weight excluding hydrogens is 388 g/mol. The molecule has 0 aromatic rings. The van der Waals surface area contributed by atoms with Crippen LogP contribution in [0.5, 0.6) is 0 Å². The second-order valence-electron chi connectivity index (χ2n) is 5.63. The molecule has 0 aromatic carbocycles. The molecule has 16 heteroatoms. The molecule has 7 N–H and O–H groups in total. The standard InChI is InChI=1S/C12H22N6O10/c1-3-17(15-26)10(23)13-8(21)6-5(19)7(20)12(25,9(22)28-6)14-11(24)18(4-2)16-27/h5-9,19-22,25H,3-4H2,1-2H3,(H,13,23)(H,14,24)/t5-,6+,7+,8?,9?,12-/m1/s1. The van der Waals surface area contributed by atoms with Crippen LogP contribution < -0.4 is 10.6 Å². The fourth-order valence-electron chi connectivity index (χ4n) is 2.31. The second kappa shape index (κ2) is 9.62. The van der Waals surface area contributed by atoms with Gasteiger partial charge in [-0.2, -0.15) is 10.0 Å². The lowest BCUT2D eigenvalue weighted by Gasteiger charge is -2.47. The minimum atomic E-state index is -2.99. The lowest BCUT2D eigenvalue weighted by atomic mass is 9.92. The minimum Gasteiger partial charge on any atom is -0.387 e. The number of nitroso groups, excluding NO2 is 2. The van der Waals surface area contributed by atoms with Gasteiger partial charge >= 0.3 is 12.1 Å². The summed E-state index contributed by atoms with van der Waals surface area (Å²) in [5, 5.41) is 59.4. The first-order chi connectivity index (χ1) is 13.1. The van der Waals surface area contributed by atoms with E-state index in [1.807, 2.05) is 5.32 Å². The van der Waals surface area contributed by atoms with Gasteiger partial charge in [-0.25, -0.2) is 9.59 Å². The first-order valence-corrected chi connectivity index (χ1v) is 8.01. The van der Waals surface area contributed by atoms with Gasteiger partial charge in [0.15, 0.2) is 6.23 Å². The van der Waals surface area contributed by atoms with E-state index in [0.29, 0.717) is 10.0 Å². The van der Waals surface area contributed by atoms with Crippen molar-refractivity contribution in [3.63, 3.8) is 0 Å². The van der Waals surface area contributed by atoms with Gasteiger partial charge in [0.2, 0.25) is 12.0 Å². The maximum atomic E-state index is 11.8. The van der Waals surface area contributed by atoms with Crippen molar-refractivity contribution in [1.82, 2.24) is 20.7 Å². The van der Waals surface area contributed by atoms with Crippen molar-refractivity contribution in [3.8, 4) is 0 Å². The molecule has 160 valence electrons. The Balaban J connectivity index is 2.92. The summed E-state index contributed by atoms with van der Waals surface area (Å²) >= 11 is 0. The maximum Gasteiger partial charge on any atom is 0.342 e. The van der Waals surface area contributed by atoms with Crippen LogP contribution in [-0.4, -0.2) is 97.3 Å². The summed E-state index contributed by atoms with van der Waals surface area (Å²) < 4.78 is 4.80. The molecule has 1 heterocycles. The topological polar surface area (TPSA) is 234 Å². The minimum absolute atomic E-state index is 0.147. The zero-order chi connectivity index (χ0) is 21.6. The fraction of sp³-hybridized carbons (Fsp3) is 0.833. The Bertz CT molecular complexity index is 593. The van der Waals surface area contributed by atoms with E-state index < -0.39 is 48.6 Å². The van der Waals surface area contributed by atoms with Gasteiger partial charge in [-0.1, -0.05) is 0 Å². The number of nitrogens with one attached hydrogen (secondary N) is 2. The van der Waals surface area contributed by atoms with Crippen LogP contribution in [0.2, 0.25) is 0 Å². The second-order valence-corrected chi connectivity index (χ2v) is 5.63. The molecule has 0 saturated carbocycles. The van der Waals surface area contributed by atoms with Crippen LogP contribution >= 0.6 is 0 Å². The molecule has 1 fully saturated rings. The smallest absolute Gasteiger partial charge is 0.342 e. The number of carbonyl (C=O) groups excluding carboxylic acids is 2. The van der Waals surface area contributed by atoms with Crippen molar-refractivity contribution in [2.75, 3.05) is 13.1 Å². The zero-order valence-electron chi connectivity index (χ0n) is 14.9. The Morgan fingerprint density at radius 3 is 2.07 bits per heavy atom. The number of aliphatic hydroxyl groups is 5. The van der Waals surface area contributed by atoms with Crippen LogP contribution in [0.25, 0.3) is 0 Å². The van der Waals surface area contributed by atoms with Crippen molar-refractivity contribution in [2.24, 2.45) is 10.6 Å². The van der Waals surface area contributed by atoms with E-state index in [1.54, 1.807) is 5.32 Å². The molecule has 4 amide bonds. The van der Waals surface area contributed by atoms with Crippen molar-refractivity contribution in [3.05, 3.63) is 9.81 Å². The summed E-state index contributed by atoms with van der Waals surface area (Å²) in [6.45, 7) is 2.41. The molecular formula is C12H22N6O10. The molecule has 6 atom stereocenters. The molecule has 0 aliphatic carbocycles. The molecule has 16 nitrogen and oxygen atoms in total. The summed E-state index contributed by atoms with van der Waals surface area (Å²) in [4.78, 5) is 44.5. The van der Waals surface area contributed by atoms with E-state index in [2.05, 4.69) is 10.6 Å². The summed E-state index contributed by atoms with van der Waals surface area (Å²) in [5.74, 6) is 0. The normalized spacial score (nSPS) is 30.7. The van der Waals surface area contributed by atoms with Crippen LogP contribution in [0, 0.1) is 9.81 Å². The summed E-state index contributed by atoms with van der Waals surface area (Å²) in [7, 11) is 0. The van der Waals surface area contributed by atoms with E-state index in [4.69, 9.17) is 4.74 Å². The number of ether oxygens (including phenoxy) is 1. The lowest BCUT2D eigenvalue weighted by Crippen LogP contribution is -2.75. The van der Waals surface area contributed by atoms with Crippen molar-refractivity contribution < 1.29 is 39.9 Å². The number of amides is 4. The van der Waals surface area contributed by atoms with Gasteiger partial charge in [-0.3, -0.25) is 0 Å². The maximum absolute atomic E-state index is 11.8. The van der Waals surface area contributed by atoms with Gasteiger partial charge in [0, 0.05) is 13.1 Å². The molecule has 1 aliphatic heterocycles. The van der Waals surface area contributed by atoms with Crippen LogP contribution in [0.15, 0.2) is 10.6 Å². The van der Waals surface area contributed by atoms with Gasteiger partial charge < -0.3 is 40.9 Å². The van der Waals surface area contributed by atoms with E-state index in [0.717, 1.165) is 0 Å². The Morgan fingerprint density at radius 1 is 1.11 bits per heavy atom. The van der Waals surface area contributed by atoms with Crippen LogP contribution in [-0.2, 0) is 4.74 Å². The predicted octanol–water partition coefficient (Wildman–Crippen LogP) is -3.14. The SMILES string of the molecule is CCN(N=O)C(=O)NC(O)[C@H]1OC(O)[C@@](O)(NC(=O)N(CC)N=O)[C@@H](O)[C@@H]1O. The highest BCUT2D eigenvalue weighted by Gasteiger charge is 2.57. The highest BCUT2D eigenvalue weighted by molar-refractivity contribution is 5.75. The van der Waals surface area contributed by atoms with E-state index in [-0.39, 0.29) is 13.1 Å². The average molecular weight is 410 g/mol. The fourth-order valence-corrected chi connectivity index (χ4v) is 2.31. The summed E-state index contributed by atoms with van der Waals surface area (Å²) in [6.07, 6.45) is -10.9. The number of aliphatic hydroxyl groups excluding tert-OH is 4. The molecule has 0 spiro atoms. The summed E-state index contributed by atoms with van der Waals surface area (Å²) in [5.41, 5.74) is -2.99. The van der Waals surface area contributed by atoms with Crippen LogP contribution in [0.4, 0.5) is 9.59 Å². The third-order valence-electron chi connectivity index (χ3n) is 3.93. The number of hydrogen-bond donors (Lipinski definition) is 7. The zero-order valence-corrected chi connectivity index (χ0v) is 14.9. The Labute approximate surface area is 157 Å². The van der Waals surface area contributed by atoms with E-state index >= 15 is 0 Å². The number of rotatable bonds is 7. The number of nitrogens with zero attached hydrogens (tertiary/aromatic N) is 4. The Morgan fingerprint density at radius 2 is 1.61 bits per heavy atom. The van der Waals surface area contributed by atoms with Crippen molar-refractivity contribution in [1.29, 1.82) is 0 Å². The predicted molar refractivity (Wildman–Crippen MR) is 87.3 cm³/mol. The molecule has 0 bridgehead atoms. The third-order valence-corrected chi connectivity index (χ3v) is 3.93. The van der Waals surface area contributed by atoms with E-state index in [9.17, 15) is 44.9 Å². The Kier molecular flexibility index (Phi) is 8.09. The molecule has 28 heavy (non-hydrogen) atoms. The molecule has 2 unspecified atom stereocenters. The molecule has 1 rings (SSSR count). The monoisotopic (exact) mass is 410 g/mol. The number of carbonyl (C=O) groups is 2. The molecule has 0 aromatic heterocycles. The number of urea groups is 2. The average Bonchev–Trinajstić information content (AvgIpc) is 2.65. The first-order valence-electron chi connectivity index (χ1n) is 8.01. The van der Waals surface area contributed by atoms with Gasteiger partial charge in [-0.15, -0.1) is 9.81 Å². The van der Waals surface area contributed by atoms with Crippen LogP contribution in [0.3, 0.4) is 0 Å².